The van der Waals surface area contributed by atoms with Gasteiger partial charge in [-0.1, -0.05) is 38.1 Å². The molecule has 200 valence electrons. The molecule has 1 aromatic carbocycles. The number of amides is 1. The average molecular weight is 543 g/mol. The molecule has 0 unspecified atom stereocenters. The number of hydrogen-bond acceptors (Lipinski definition) is 6. The van der Waals surface area contributed by atoms with Gasteiger partial charge in [0, 0.05) is 29.9 Å². The van der Waals surface area contributed by atoms with Crippen LogP contribution in [-0.4, -0.2) is 48.5 Å². The third-order valence-corrected chi connectivity index (χ3v) is 13.4. The van der Waals surface area contributed by atoms with Crippen molar-refractivity contribution >= 4 is 32.4 Å². The van der Waals surface area contributed by atoms with E-state index < -0.39 is 15.4 Å². The van der Waals surface area contributed by atoms with E-state index >= 15 is 0 Å². The number of hydrogen-bond donors (Lipinski definition) is 2. The first kappa shape index (κ1) is 25.3. The topological polar surface area (TPSA) is 105 Å². The fourth-order valence-corrected chi connectivity index (χ4v) is 11.2. The molecule has 2 heterocycles. The fraction of sp³-hybridized carbons (Fsp3) is 0.643. The van der Waals surface area contributed by atoms with E-state index in [0.29, 0.717) is 29.8 Å². The number of nitrogens with two attached hydrogens (primary N) is 1. The van der Waals surface area contributed by atoms with E-state index in [1.165, 1.54) is 22.5 Å². The van der Waals surface area contributed by atoms with Gasteiger partial charge in [0.25, 0.3) is 0 Å². The van der Waals surface area contributed by atoms with Crippen LogP contribution in [0.5, 0.6) is 0 Å². The molecular formula is C28H38N4O3S2. The predicted molar refractivity (Wildman–Crippen MR) is 147 cm³/mol. The number of nitrogens with zero attached hydrogens (tertiary/aromatic N) is 2. The van der Waals surface area contributed by atoms with Crippen molar-refractivity contribution in [2.75, 3.05) is 24.6 Å². The van der Waals surface area contributed by atoms with E-state index in [-0.39, 0.29) is 35.0 Å². The first-order chi connectivity index (χ1) is 17.5. The van der Waals surface area contributed by atoms with Crippen molar-refractivity contribution in [1.82, 2.24) is 14.6 Å². The van der Waals surface area contributed by atoms with Gasteiger partial charge in [-0.05, 0) is 72.8 Å². The number of rotatable bonds is 6. The highest BCUT2D eigenvalue weighted by Gasteiger charge is 2.66. The second-order valence-electron chi connectivity index (χ2n) is 12.4. The molecule has 3 N–H and O–H groups in total. The summed E-state index contributed by atoms with van der Waals surface area (Å²) in [6.45, 7) is 5.60. The highest BCUT2D eigenvalue weighted by molar-refractivity contribution is 7.89. The third-order valence-electron chi connectivity index (χ3n) is 10.7. The lowest BCUT2D eigenvalue weighted by molar-refractivity contribution is -0.122. The molecule has 1 aliphatic heterocycles. The molecule has 3 aliphatic carbocycles. The smallest absolute Gasteiger partial charge is 0.226 e. The molecule has 0 radical (unpaired) electrons. The average Bonchev–Trinajstić information content (AvgIpc) is 3.54. The fourth-order valence-electron chi connectivity index (χ4n) is 8.33. The zero-order valence-corrected chi connectivity index (χ0v) is 23.5. The van der Waals surface area contributed by atoms with Crippen LogP contribution in [0.15, 0.2) is 29.6 Å². The molecule has 1 spiro atoms. The van der Waals surface area contributed by atoms with Crippen molar-refractivity contribution in [2.24, 2.45) is 16.7 Å². The predicted octanol–water partition coefficient (Wildman–Crippen LogP) is 3.89. The summed E-state index contributed by atoms with van der Waals surface area (Å²) in [4.78, 5) is 17.2. The highest BCUT2D eigenvalue weighted by Crippen LogP contribution is 2.66. The number of carbonyl (C=O) groups excluding carboxylic acids is 1. The lowest BCUT2D eigenvalue weighted by atomic mass is 9.69. The van der Waals surface area contributed by atoms with Gasteiger partial charge in [-0.3, -0.25) is 4.79 Å². The maximum atomic E-state index is 14.0. The van der Waals surface area contributed by atoms with Crippen molar-refractivity contribution in [1.29, 1.82) is 0 Å². The van der Waals surface area contributed by atoms with Crippen molar-refractivity contribution in [3.05, 3.63) is 46.5 Å². The van der Waals surface area contributed by atoms with Crippen LogP contribution in [-0.2, 0) is 33.1 Å². The standard InChI is InChI=1S/C28H38N4O3S2/c1-26(2)20-8-10-28(26,23(15-20)31-24(33)16-21-17-36-25(29)30-21)18-37(34,35)32-13-11-27(12-14-32)9-7-19-5-3-4-6-22(19)27/h3-6,17,20,23H,7-16,18H2,1-2H3,(H2,29,30)(H,31,33)/t20-,23+,28-/m1/s1. The summed E-state index contributed by atoms with van der Waals surface area (Å²) < 4.78 is 29.7. The van der Waals surface area contributed by atoms with Crippen LogP contribution in [0, 0.1) is 16.7 Å². The number of carbonyl (C=O) groups is 1. The van der Waals surface area contributed by atoms with Gasteiger partial charge in [0.15, 0.2) is 5.13 Å². The van der Waals surface area contributed by atoms with Crippen LogP contribution in [0.2, 0.25) is 0 Å². The maximum Gasteiger partial charge on any atom is 0.226 e. The Bertz CT molecular complexity index is 1310. The minimum absolute atomic E-state index is 0.102. The van der Waals surface area contributed by atoms with Crippen molar-refractivity contribution in [2.45, 2.75) is 76.7 Å². The second-order valence-corrected chi connectivity index (χ2v) is 15.3. The highest BCUT2D eigenvalue weighted by atomic mass is 32.2. The Morgan fingerprint density at radius 2 is 1.95 bits per heavy atom. The third kappa shape index (κ3) is 4.03. The SMILES string of the molecule is CC1(C)[C@@H]2CC[C@@]1(CS(=O)(=O)N1CCC3(CCc4ccccc43)CC1)[C@@H](NC(=O)Cc1csc(N)n1)C2. The molecule has 6 rings (SSSR count). The number of benzene rings is 1. The van der Waals surface area contributed by atoms with Gasteiger partial charge in [0.2, 0.25) is 15.9 Å². The number of aromatic nitrogens is 1. The number of thiazole rings is 1. The Labute approximate surface area is 224 Å². The summed E-state index contributed by atoms with van der Waals surface area (Å²) in [5.41, 5.74) is 8.79. The molecule has 2 bridgehead atoms. The quantitative estimate of drug-likeness (QED) is 0.576. The molecule has 2 saturated carbocycles. The lowest BCUT2D eigenvalue weighted by Gasteiger charge is -2.45. The van der Waals surface area contributed by atoms with Crippen molar-refractivity contribution in [3.63, 3.8) is 0 Å². The molecule has 1 amide bonds. The minimum atomic E-state index is -3.47. The molecule has 4 aliphatic rings. The van der Waals surface area contributed by atoms with Gasteiger partial charge in [-0.15, -0.1) is 11.3 Å². The number of sulfonamides is 1. The van der Waals surface area contributed by atoms with Gasteiger partial charge >= 0.3 is 0 Å². The molecule has 3 fully saturated rings. The Morgan fingerprint density at radius 3 is 2.65 bits per heavy atom. The van der Waals surface area contributed by atoms with Gasteiger partial charge in [-0.2, -0.15) is 0 Å². The molecule has 1 aromatic heterocycles. The van der Waals surface area contributed by atoms with Gasteiger partial charge in [-0.25, -0.2) is 17.7 Å². The van der Waals surface area contributed by atoms with E-state index in [2.05, 4.69) is 48.4 Å². The number of aryl methyl sites for hydroxylation is 1. The summed E-state index contributed by atoms with van der Waals surface area (Å²) >= 11 is 1.33. The molecule has 9 heteroatoms. The van der Waals surface area contributed by atoms with Crippen molar-refractivity contribution < 1.29 is 13.2 Å². The van der Waals surface area contributed by atoms with Crippen LogP contribution in [0.1, 0.15) is 69.2 Å². The Kier molecular flexibility index (Phi) is 6.01. The normalized spacial score (nSPS) is 30.0. The number of nitrogens with one attached hydrogen (secondary N) is 1. The first-order valence-electron chi connectivity index (χ1n) is 13.6. The summed E-state index contributed by atoms with van der Waals surface area (Å²) in [6, 6.07) is 8.56. The largest absolute Gasteiger partial charge is 0.375 e. The lowest BCUT2D eigenvalue weighted by Crippen LogP contribution is -2.55. The summed E-state index contributed by atoms with van der Waals surface area (Å²) in [6.07, 6.45) is 6.87. The maximum absolute atomic E-state index is 14.0. The van der Waals surface area contributed by atoms with Crippen LogP contribution in [0.3, 0.4) is 0 Å². The van der Waals surface area contributed by atoms with E-state index in [1.807, 2.05) is 5.38 Å². The number of fused-ring (bicyclic) bond motifs is 4. The molecular weight excluding hydrogens is 504 g/mol. The number of piperidine rings is 1. The summed E-state index contributed by atoms with van der Waals surface area (Å²) in [5.74, 6) is 0.430. The first-order valence-corrected chi connectivity index (χ1v) is 16.1. The van der Waals surface area contributed by atoms with E-state index in [0.717, 1.165) is 44.9 Å². The molecule has 3 atom stereocenters. The van der Waals surface area contributed by atoms with Gasteiger partial charge < -0.3 is 11.1 Å². The zero-order chi connectivity index (χ0) is 26.1. The van der Waals surface area contributed by atoms with Crippen molar-refractivity contribution in [3.8, 4) is 0 Å². The summed E-state index contributed by atoms with van der Waals surface area (Å²) in [5, 5.41) is 5.51. The monoisotopic (exact) mass is 542 g/mol. The summed E-state index contributed by atoms with van der Waals surface area (Å²) in [7, 11) is -3.47. The molecule has 1 saturated heterocycles. The number of nitrogen functional groups attached to an aromatic ring is 1. The Balaban J connectivity index is 1.18. The van der Waals surface area contributed by atoms with Gasteiger partial charge in [0.1, 0.15) is 0 Å². The van der Waals surface area contributed by atoms with E-state index in [4.69, 9.17) is 5.73 Å². The zero-order valence-electron chi connectivity index (χ0n) is 21.8. The van der Waals surface area contributed by atoms with Crippen LogP contribution < -0.4 is 11.1 Å². The Hall–Kier alpha value is -1.97. The molecule has 7 nitrogen and oxygen atoms in total. The minimum Gasteiger partial charge on any atom is -0.375 e. The second kappa shape index (κ2) is 8.78. The van der Waals surface area contributed by atoms with Crippen LogP contribution in [0.25, 0.3) is 0 Å². The number of anilines is 1. The van der Waals surface area contributed by atoms with Gasteiger partial charge in [0.05, 0.1) is 17.9 Å². The van der Waals surface area contributed by atoms with E-state index in [9.17, 15) is 13.2 Å². The van der Waals surface area contributed by atoms with E-state index in [1.54, 1.807) is 4.31 Å². The molecule has 37 heavy (non-hydrogen) atoms. The van der Waals surface area contributed by atoms with Crippen LogP contribution in [0.4, 0.5) is 5.13 Å². The Morgan fingerprint density at radius 1 is 1.19 bits per heavy atom. The van der Waals surface area contributed by atoms with Crippen LogP contribution >= 0.6 is 11.3 Å². The molecule has 2 aromatic rings.